The number of benzene rings is 1. The van der Waals surface area contributed by atoms with Crippen LogP contribution in [0.2, 0.25) is 0 Å². The summed E-state index contributed by atoms with van der Waals surface area (Å²) in [5, 5.41) is 9.43. The third-order valence-corrected chi connectivity index (χ3v) is 2.91. The smallest absolute Gasteiger partial charge is 0.276 e. The van der Waals surface area contributed by atoms with E-state index in [1.54, 1.807) is 18.2 Å². The van der Waals surface area contributed by atoms with Crippen molar-refractivity contribution < 1.29 is 5.11 Å². The lowest BCUT2D eigenvalue weighted by Crippen LogP contribution is -2.19. The topological polar surface area (TPSA) is 55.1 Å². The third kappa shape index (κ3) is 2.59. The predicted octanol–water partition coefficient (Wildman–Crippen LogP) is 1.87. The molecular formula is C14H16N2O2. The molecule has 1 N–H and O–H groups in total. The minimum Gasteiger partial charge on any atom is -0.508 e. The largest absolute Gasteiger partial charge is 0.508 e. The molecule has 1 aromatic heterocycles. The molecule has 2 rings (SSSR count). The average molecular weight is 244 g/mol. The molecule has 4 nitrogen and oxygen atoms in total. The molecule has 0 fully saturated rings. The van der Waals surface area contributed by atoms with Crippen LogP contribution in [0.5, 0.6) is 5.75 Å². The number of hydrogen-bond donors (Lipinski definition) is 1. The molecule has 0 saturated heterocycles. The first-order valence-corrected chi connectivity index (χ1v) is 5.95. The van der Waals surface area contributed by atoms with Crippen LogP contribution in [0.4, 0.5) is 0 Å². The van der Waals surface area contributed by atoms with Gasteiger partial charge in [-0.1, -0.05) is 19.1 Å². The van der Waals surface area contributed by atoms with Crippen LogP contribution in [0.3, 0.4) is 0 Å². The summed E-state index contributed by atoms with van der Waals surface area (Å²) in [6, 6.07) is 7.08. The molecule has 18 heavy (non-hydrogen) atoms. The number of phenols is 1. The summed E-state index contributed by atoms with van der Waals surface area (Å²) in [6.07, 6.45) is 2.51. The van der Waals surface area contributed by atoms with Crippen LogP contribution in [0.1, 0.15) is 23.9 Å². The molecule has 1 heterocycles. The Morgan fingerprint density at radius 1 is 1.39 bits per heavy atom. The van der Waals surface area contributed by atoms with Gasteiger partial charge in [0.15, 0.2) is 0 Å². The Hall–Kier alpha value is -2.10. The van der Waals surface area contributed by atoms with Crippen LogP contribution >= 0.6 is 0 Å². The quantitative estimate of drug-likeness (QED) is 0.896. The minimum absolute atomic E-state index is 0.151. The van der Waals surface area contributed by atoms with E-state index in [1.807, 2.05) is 30.7 Å². The highest BCUT2D eigenvalue weighted by Gasteiger charge is 2.04. The number of aromatic hydroxyl groups is 1. The lowest BCUT2D eigenvalue weighted by Gasteiger charge is -2.11. The first-order valence-electron chi connectivity index (χ1n) is 5.95. The van der Waals surface area contributed by atoms with Gasteiger partial charge in [0.1, 0.15) is 11.6 Å². The number of phenolic OH excluding ortho intramolecular Hbond substituents is 1. The van der Waals surface area contributed by atoms with Gasteiger partial charge in [-0.2, -0.15) is 4.98 Å². The second-order valence-electron chi connectivity index (χ2n) is 4.27. The van der Waals surface area contributed by atoms with Crippen molar-refractivity contribution in [1.29, 1.82) is 0 Å². The first-order chi connectivity index (χ1) is 8.60. The maximum atomic E-state index is 11.6. The van der Waals surface area contributed by atoms with E-state index in [0.29, 0.717) is 24.4 Å². The normalized spacial score (nSPS) is 10.6. The number of aryl methyl sites for hydroxylation is 2. The zero-order chi connectivity index (χ0) is 13.1. The van der Waals surface area contributed by atoms with Gasteiger partial charge in [0.2, 0.25) is 0 Å². The minimum atomic E-state index is -0.151. The fraction of sp³-hybridized carbons (Fsp3) is 0.286. The Balaban J connectivity index is 2.37. The molecule has 0 bridgehead atoms. The lowest BCUT2D eigenvalue weighted by molar-refractivity contribution is 0.474. The zero-order valence-electron chi connectivity index (χ0n) is 10.6. The average Bonchev–Trinajstić information content (AvgIpc) is 2.33. The summed E-state index contributed by atoms with van der Waals surface area (Å²) in [6.45, 7) is 4.34. The van der Waals surface area contributed by atoms with E-state index in [1.165, 1.54) is 0 Å². The molecule has 0 amide bonds. The van der Waals surface area contributed by atoms with Crippen LogP contribution in [0.15, 0.2) is 35.3 Å². The van der Waals surface area contributed by atoms with E-state index >= 15 is 0 Å². The monoisotopic (exact) mass is 244 g/mol. The molecule has 0 aliphatic carbocycles. The van der Waals surface area contributed by atoms with Crippen molar-refractivity contribution in [2.24, 2.45) is 0 Å². The number of rotatable bonds is 3. The molecule has 0 saturated carbocycles. The van der Waals surface area contributed by atoms with E-state index in [2.05, 4.69) is 4.98 Å². The van der Waals surface area contributed by atoms with Crippen LogP contribution in [0, 0.1) is 6.92 Å². The Labute approximate surface area is 106 Å². The summed E-state index contributed by atoms with van der Waals surface area (Å²) in [5.41, 5.74) is 1.54. The van der Waals surface area contributed by atoms with Gasteiger partial charge in [-0.05, 0) is 31.0 Å². The van der Waals surface area contributed by atoms with Crippen molar-refractivity contribution >= 4 is 0 Å². The van der Waals surface area contributed by atoms with E-state index in [0.717, 1.165) is 5.56 Å². The first kappa shape index (κ1) is 12.4. The SMILES string of the molecule is CCc1cn(Cc2cccc(O)c2)c(C)nc1=O. The fourth-order valence-electron chi connectivity index (χ4n) is 1.87. The molecule has 94 valence electrons. The van der Waals surface area contributed by atoms with Gasteiger partial charge in [-0.25, -0.2) is 0 Å². The van der Waals surface area contributed by atoms with Gasteiger partial charge in [-0.15, -0.1) is 0 Å². The van der Waals surface area contributed by atoms with Crippen molar-refractivity contribution in [2.75, 3.05) is 0 Å². The van der Waals surface area contributed by atoms with E-state index in [-0.39, 0.29) is 11.3 Å². The molecule has 4 heteroatoms. The van der Waals surface area contributed by atoms with Gasteiger partial charge in [-0.3, -0.25) is 4.79 Å². The Kier molecular flexibility index (Phi) is 3.46. The maximum Gasteiger partial charge on any atom is 0.276 e. The van der Waals surface area contributed by atoms with E-state index in [4.69, 9.17) is 0 Å². The van der Waals surface area contributed by atoms with Gasteiger partial charge >= 0.3 is 0 Å². The molecule has 0 aliphatic rings. The van der Waals surface area contributed by atoms with Crippen molar-refractivity contribution in [1.82, 2.24) is 9.55 Å². The highest BCUT2D eigenvalue weighted by atomic mass is 16.3. The van der Waals surface area contributed by atoms with Crippen LogP contribution in [-0.4, -0.2) is 14.7 Å². The third-order valence-electron chi connectivity index (χ3n) is 2.91. The highest BCUT2D eigenvalue weighted by Crippen LogP contribution is 2.12. The number of aromatic nitrogens is 2. The van der Waals surface area contributed by atoms with Crippen molar-refractivity contribution in [3.63, 3.8) is 0 Å². The highest BCUT2D eigenvalue weighted by molar-refractivity contribution is 5.27. The van der Waals surface area contributed by atoms with E-state index < -0.39 is 0 Å². The van der Waals surface area contributed by atoms with Gasteiger partial charge < -0.3 is 9.67 Å². The standard InChI is InChI=1S/C14H16N2O2/c1-3-12-9-16(10(2)15-14(12)18)8-11-5-4-6-13(17)7-11/h4-7,9,17H,3,8H2,1-2H3. The summed E-state index contributed by atoms with van der Waals surface area (Å²) in [4.78, 5) is 15.6. The van der Waals surface area contributed by atoms with Gasteiger partial charge in [0.25, 0.3) is 5.56 Å². The second-order valence-corrected chi connectivity index (χ2v) is 4.27. The van der Waals surface area contributed by atoms with Crippen LogP contribution < -0.4 is 5.56 Å². The molecule has 0 radical (unpaired) electrons. The summed E-state index contributed by atoms with van der Waals surface area (Å²) >= 11 is 0. The summed E-state index contributed by atoms with van der Waals surface area (Å²) in [7, 11) is 0. The van der Waals surface area contributed by atoms with Crippen molar-refractivity contribution in [3.05, 3.63) is 57.8 Å². The number of hydrogen-bond acceptors (Lipinski definition) is 3. The molecule has 0 spiro atoms. The zero-order valence-corrected chi connectivity index (χ0v) is 10.6. The molecule has 1 aromatic carbocycles. The van der Waals surface area contributed by atoms with Gasteiger partial charge in [0.05, 0.1) is 0 Å². The Bertz CT molecular complexity index is 617. The van der Waals surface area contributed by atoms with Gasteiger partial charge in [0, 0.05) is 18.3 Å². The molecular weight excluding hydrogens is 228 g/mol. The summed E-state index contributed by atoms with van der Waals surface area (Å²) < 4.78 is 1.93. The summed E-state index contributed by atoms with van der Waals surface area (Å²) in [5.74, 6) is 0.926. The molecule has 2 aromatic rings. The molecule has 0 atom stereocenters. The van der Waals surface area contributed by atoms with Crippen molar-refractivity contribution in [2.45, 2.75) is 26.8 Å². The molecule has 0 unspecified atom stereocenters. The van der Waals surface area contributed by atoms with Crippen LogP contribution in [0.25, 0.3) is 0 Å². The second kappa shape index (κ2) is 5.04. The van der Waals surface area contributed by atoms with E-state index in [9.17, 15) is 9.90 Å². The van der Waals surface area contributed by atoms with Crippen LogP contribution in [-0.2, 0) is 13.0 Å². The maximum absolute atomic E-state index is 11.6. The number of nitrogens with zero attached hydrogens (tertiary/aromatic N) is 2. The molecule has 0 aliphatic heterocycles. The Morgan fingerprint density at radius 2 is 2.17 bits per heavy atom. The lowest BCUT2D eigenvalue weighted by atomic mass is 10.2. The van der Waals surface area contributed by atoms with Crippen molar-refractivity contribution in [3.8, 4) is 5.75 Å². The fourth-order valence-corrected chi connectivity index (χ4v) is 1.87. The Morgan fingerprint density at radius 3 is 2.83 bits per heavy atom. The predicted molar refractivity (Wildman–Crippen MR) is 69.8 cm³/mol.